The molecular formula is C11H20N2O2S. The summed E-state index contributed by atoms with van der Waals surface area (Å²) in [4.78, 5) is 0. The van der Waals surface area contributed by atoms with Gasteiger partial charge in [0.1, 0.15) is 0 Å². The Hall–Kier alpha value is -0.570. The second-order valence-electron chi connectivity index (χ2n) is 4.16. The lowest BCUT2D eigenvalue weighted by atomic mass is 10.1. The SMILES string of the molecule is C#CCCCNS(=O)(=O)N1CCCCC1C. The minimum atomic E-state index is -3.30. The summed E-state index contributed by atoms with van der Waals surface area (Å²) in [5.41, 5.74) is 0. The molecule has 1 unspecified atom stereocenters. The first kappa shape index (κ1) is 13.5. The fourth-order valence-electron chi connectivity index (χ4n) is 1.90. The fourth-order valence-corrected chi connectivity index (χ4v) is 3.42. The molecule has 0 spiro atoms. The minimum absolute atomic E-state index is 0.110. The zero-order valence-corrected chi connectivity index (χ0v) is 10.6. The number of hydrogen-bond acceptors (Lipinski definition) is 2. The Labute approximate surface area is 98.6 Å². The number of nitrogens with zero attached hydrogens (tertiary/aromatic N) is 1. The maximum absolute atomic E-state index is 11.9. The largest absolute Gasteiger partial charge is 0.279 e. The van der Waals surface area contributed by atoms with E-state index in [-0.39, 0.29) is 6.04 Å². The van der Waals surface area contributed by atoms with Gasteiger partial charge in [0.05, 0.1) is 0 Å². The molecule has 1 atom stereocenters. The summed E-state index contributed by atoms with van der Waals surface area (Å²) in [5.74, 6) is 2.49. The topological polar surface area (TPSA) is 49.4 Å². The van der Waals surface area contributed by atoms with Gasteiger partial charge in [0.25, 0.3) is 10.2 Å². The number of hydrogen-bond donors (Lipinski definition) is 1. The van der Waals surface area contributed by atoms with Crippen LogP contribution in [0.3, 0.4) is 0 Å². The average molecular weight is 244 g/mol. The lowest BCUT2D eigenvalue weighted by Gasteiger charge is -2.32. The molecule has 4 nitrogen and oxygen atoms in total. The fraction of sp³-hybridized carbons (Fsp3) is 0.818. The van der Waals surface area contributed by atoms with Crippen molar-refractivity contribution in [3.05, 3.63) is 0 Å². The van der Waals surface area contributed by atoms with Gasteiger partial charge in [-0.05, 0) is 26.2 Å². The minimum Gasteiger partial charge on any atom is -0.202 e. The number of nitrogens with one attached hydrogen (secondary N) is 1. The van der Waals surface area contributed by atoms with E-state index in [2.05, 4.69) is 10.6 Å². The van der Waals surface area contributed by atoms with Crippen LogP contribution in [0.5, 0.6) is 0 Å². The Morgan fingerprint density at radius 3 is 2.88 bits per heavy atom. The molecule has 0 bridgehead atoms. The number of terminal acetylenes is 1. The summed E-state index contributed by atoms with van der Waals surface area (Å²) < 4.78 is 28.0. The van der Waals surface area contributed by atoms with Crippen LogP contribution in [0.4, 0.5) is 0 Å². The van der Waals surface area contributed by atoms with Crippen LogP contribution in [0.15, 0.2) is 0 Å². The highest BCUT2D eigenvalue weighted by atomic mass is 32.2. The normalized spacial score (nSPS) is 22.9. The zero-order valence-electron chi connectivity index (χ0n) is 9.78. The van der Waals surface area contributed by atoms with Crippen LogP contribution in [0.25, 0.3) is 0 Å². The van der Waals surface area contributed by atoms with E-state index in [9.17, 15) is 8.42 Å². The van der Waals surface area contributed by atoms with Gasteiger partial charge in [-0.25, -0.2) is 4.72 Å². The molecule has 92 valence electrons. The Kier molecular flexibility index (Phi) is 5.26. The van der Waals surface area contributed by atoms with Crippen molar-refractivity contribution in [3.8, 4) is 12.3 Å². The van der Waals surface area contributed by atoms with Crippen LogP contribution in [-0.2, 0) is 10.2 Å². The van der Waals surface area contributed by atoms with Crippen molar-refractivity contribution in [1.29, 1.82) is 0 Å². The molecule has 0 aromatic rings. The van der Waals surface area contributed by atoms with E-state index >= 15 is 0 Å². The van der Waals surface area contributed by atoms with E-state index in [0.29, 0.717) is 25.9 Å². The zero-order chi connectivity index (χ0) is 12.0. The Balaban J connectivity index is 2.46. The van der Waals surface area contributed by atoms with E-state index in [4.69, 9.17) is 6.42 Å². The predicted octanol–water partition coefficient (Wildman–Crippen LogP) is 1.11. The molecule has 1 N–H and O–H groups in total. The van der Waals surface area contributed by atoms with Gasteiger partial charge >= 0.3 is 0 Å². The lowest BCUT2D eigenvalue weighted by Crippen LogP contribution is -2.48. The third kappa shape index (κ3) is 3.78. The Bertz CT molecular complexity index is 345. The lowest BCUT2D eigenvalue weighted by molar-refractivity contribution is 0.265. The van der Waals surface area contributed by atoms with Crippen LogP contribution in [0, 0.1) is 12.3 Å². The molecule has 0 aromatic carbocycles. The Morgan fingerprint density at radius 2 is 2.25 bits per heavy atom. The van der Waals surface area contributed by atoms with Crippen LogP contribution in [0.2, 0.25) is 0 Å². The molecule has 1 saturated heterocycles. The first-order valence-corrected chi connectivity index (χ1v) is 7.22. The molecule has 0 aliphatic carbocycles. The third-order valence-corrected chi connectivity index (χ3v) is 4.56. The van der Waals surface area contributed by atoms with Crippen molar-refractivity contribution in [1.82, 2.24) is 9.03 Å². The summed E-state index contributed by atoms with van der Waals surface area (Å²) in [6, 6.07) is 0.110. The summed E-state index contributed by atoms with van der Waals surface area (Å²) >= 11 is 0. The summed E-state index contributed by atoms with van der Waals surface area (Å²) in [7, 11) is -3.30. The maximum Gasteiger partial charge on any atom is 0.279 e. The van der Waals surface area contributed by atoms with E-state index in [1.165, 1.54) is 0 Å². The summed E-state index contributed by atoms with van der Waals surface area (Å²) in [5, 5.41) is 0. The molecule has 1 fully saturated rings. The van der Waals surface area contributed by atoms with Gasteiger partial charge in [0.15, 0.2) is 0 Å². The molecule has 1 rings (SSSR count). The van der Waals surface area contributed by atoms with Crippen molar-refractivity contribution in [3.63, 3.8) is 0 Å². The van der Waals surface area contributed by atoms with Gasteiger partial charge in [-0.3, -0.25) is 0 Å². The van der Waals surface area contributed by atoms with Crippen molar-refractivity contribution in [2.24, 2.45) is 0 Å². The standard InChI is InChI=1S/C11H20N2O2S/c1-3-4-6-9-12-16(14,15)13-10-7-5-8-11(13)2/h1,11-12H,4-10H2,2H3. The first-order chi connectivity index (χ1) is 7.58. The van der Waals surface area contributed by atoms with Gasteiger partial charge in [-0.15, -0.1) is 12.3 Å². The average Bonchev–Trinajstić information content (AvgIpc) is 2.25. The smallest absolute Gasteiger partial charge is 0.202 e. The first-order valence-electron chi connectivity index (χ1n) is 5.78. The molecular weight excluding hydrogens is 224 g/mol. The van der Waals surface area contributed by atoms with Crippen LogP contribution < -0.4 is 4.72 Å². The quantitative estimate of drug-likeness (QED) is 0.582. The Morgan fingerprint density at radius 1 is 1.50 bits per heavy atom. The molecule has 1 heterocycles. The van der Waals surface area contributed by atoms with E-state index in [1.54, 1.807) is 4.31 Å². The molecule has 1 aliphatic rings. The highest BCUT2D eigenvalue weighted by molar-refractivity contribution is 7.87. The molecule has 1 aliphatic heterocycles. The highest BCUT2D eigenvalue weighted by Gasteiger charge is 2.28. The predicted molar refractivity (Wildman–Crippen MR) is 65.0 cm³/mol. The van der Waals surface area contributed by atoms with Crippen LogP contribution in [-0.4, -0.2) is 31.9 Å². The van der Waals surface area contributed by atoms with Gasteiger partial charge in [-0.2, -0.15) is 12.7 Å². The van der Waals surface area contributed by atoms with Gasteiger partial charge in [0, 0.05) is 25.6 Å². The van der Waals surface area contributed by atoms with Crippen LogP contribution in [0.1, 0.15) is 39.0 Å². The van der Waals surface area contributed by atoms with Crippen molar-refractivity contribution in [2.45, 2.75) is 45.1 Å². The van der Waals surface area contributed by atoms with Crippen molar-refractivity contribution < 1.29 is 8.42 Å². The van der Waals surface area contributed by atoms with Gasteiger partial charge in [0.2, 0.25) is 0 Å². The summed E-state index contributed by atoms with van der Waals surface area (Å²) in [6.07, 6.45) is 9.43. The van der Waals surface area contributed by atoms with Crippen molar-refractivity contribution >= 4 is 10.2 Å². The number of rotatable bonds is 5. The maximum atomic E-state index is 11.9. The van der Waals surface area contributed by atoms with Gasteiger partial charge < -0.3 is 0 Å². The van der Waals surface area contributed by atoms with E-state index in [1.807, 2.05) is 6.92 Å². The molecule has 5 heteroatoms. The molecule has 0 saturated carbocycles. The monoisotopic (exact) mass is 244 g/mol. The van der Waals surface area contributed by atoms with E-state index < -0.39 is 10.2 Å². The molecule has 16 heavy (non-hydrogen) atoms. The number of unbranched alkanes of at least 4 members (excludes halogenated alkanes) is 1. The molecule has 0 aromatic heterocycles. The molecule has 0 radical (unpaired) electrons. The van der Waals surface area contributed by atoms with Gasteiger partial charge in [-0.1, -0.05) is 6.42 Å². The third-order valence-electron chi connectivity index (χ3n) is 2.83. The molecule has 0 amide bonds. The van der Waals surface area contributed by atoms with Crippen molar-refractivity contribution in [2.75, 3.05) is 13.1 Å². The number of piperidine rings is 1. The van der Waals surface area contributed by atoms with E-state index in [0.717, 1.165) is 19.3 Å². The second kappa shape index (κ2) is 6.24. The highest BCUT2D eigenvalue weighted by Crippen LogP contribution is 2.18. The second-order valence-corrected chi connectivity index (χ2v) is 5.87. The van der Waals surface area contributed by atoms with Crippen LogP contribution >= 0.6 is 0 Å². The summed E-state index contributed by atoms with van der Waals surface area (Å²) in [6.45, 7) is 3.02.